The molecule has 1 amide bonds. The second-order valence-corrected chi connectivity index (χ2v) is 6.65. The highest BCUT2D eigenvalue weighted by Gasteiger charge is 2.28. The van der Waals surface area contributed by atoms with Crippen molar-refractivity contribution in [2.45, 2.75) is 12.6 Å². The number of halogens is 1. The lowest BCUT2D eigenvalue weighted by molar-refractivity contribution is -0.122. The molecule has 6 nitrogen and oxygen atoms in total. The molecular formula is C19H24FN5O. The van der Waals surface area contributed by atoms with Crippen LogP contribution in [0, 0.1) is 11.7 Å². The molecule has 2 aromatic rings. The van der Waals surface area contributed by atoms with Crippen LogP contribution in [-0.2, 0) is 11.3 Å². The normalized spacial score (nSPS) is 19.7. The molecule has 1 fully saturated rings. The van der Waals surface area contributed by atoms with E-state index in [1.165, 1.54) is 12.1 Å². The largest absolute Gasteiger partial charge is 0.355 e. The Bertz CT molecular complexity index is 710. The Hall–Kier alpha value is -2.35. The first kappa shape index (κ1) is 18.4. The van der Waals surface area contributed by atoms with Crippen LogP contribution >= 0.6 is 0 Å². The third kappa shape index (κ3) is 5.08. The zero-order chi connectivity index (χ0) is 18.4. The maximum Gasteiger partial charge on any atom is 0.234 e. The van der Waals surface area contributed by atoms with Gasteiger partial charge in [0.05, 0.1) is 12.6 Å². The molecule has 0 spiro atoms. The molecule has 3 rings (SSSR count). The van der Waals surface area contributed by atoms with Crippen molar-refractivity contribution in [3.05, 3.63) is 65.7 Å². The summed E-state index contributed by atoms with van der Waals surface area (Å²) >= 11 is 0. The molecule has 0 bridgehead atoms. The summed E-state index contributed by atoms with van der Waals surface area (Å²) in [6.07, 6.45) is 3.54. The number of nitrogens with zero attached hydrogens (tertiary/aromatic N) is 2. The smallest absolute Gasteiger partial charge is 0.234 e. The molecule has 1 saturated heterocycles. The van der Waals surface area contributed by atoms with Crippen LogP contribution in [0.2, 0.25) is 0 Å². The summed E-state index contributed by atoms with van der Waals surface area (Å²) in [4.78, 5) is 18.3. The predicted octanol–water partition coefficient (Wildman–Crippen LogP) is 1.23. The average molecular weight is 357 g/mol. The van der Waals surface area contributed by atoms with Gasteiger partial charge < -0.3 is 5.32 Å². The van der Waals surface area contributed by atoms with Gasteiger partial charge in [-0.3, -0.25) is 20.1 Å². The van der Waals surface area contributed by atoms with E-state index in [4.69, 9.17) is 0 Å². The first-order chi connectivity index (χ1) is 12.6. The summed E-state index contributed by atoms with van der Waals surface area (Å²) in [5.74, 6) is -0.0598. The molecule has 0 saturated carbocycles. The summed E-state index contributed by atoms with van der Waals surface area (Å²) in [5.41, 5.74) is 8.40. The molecule has 7 heteroatoms. The Morgan fingerprint density at radius 1 is 1.35 bits per heavy atom. The Morgan fingerprint density at radius 2 is 2.15 bits per heavy atom. The Morgan fingerprint density at radius 3 is 2.88 bits per heavy atom. The number of hydrazine groups is 1. The lowest BCUT2D eigenvalue weighted by Crippen LogP contribution is -2.38. The maximum atomic E-state index is 13.1. The van der Waals surface area contributed by atoms with Crippen molar-refractivity contribution in [1.29, 1.82) is 0 Å². The van der Waals surface area contributed by atoms with E-state index in [-0.39, 0.29) is 23.7 Å². The summed E-state index contributed by atoms with van der Waals surface area (Å²) in [6.45, 7) is 2.30. The van der Waals surface area contributed by atoms with Crippen LogP contribution < -0.4 is 16.2 Å². The summed E-state index contributed by atoms with van der Waals surface area (Å²) < 4.78 is 13.1. The van der Waals surface area contributed by atoms with Gasteiger partial charge in [-0.05, 0) is 36.4 Å². The number of aromatic nitrogens is 1. The molecule has 0 radical (unpaired) electrons. The molecule has 3 N–H and O–H groups in total. The van der Waals surface area contributed by atoms with Gasteiger partial charge in [-0.15, -0.1) is 0 Å². The van der Waals surface area contributed by atoms with E-state index in [1.807, 2.05) is 24.1 Å². The van der Waals surface area contributed by atoms with Crippen LogP contribution in [0.15, 0.2) is 48.8 Å². The van der Waals surface area contributed by atoms with E-state index in [1.54, 1.807) is 24.5 Å². The Balaban J connectivity index is 1.46. The minimum Gasteiger partial charge on any atom is -0.355 e. The minimum atomic E-state index is -0.249. The highest BCUT2D eigenvalue weighted by atomic mass is 19.1. The molecule has 2 atom stereocenters. The fraction of sp³-hybridized carbons (Fsp3) is 0.368. The average Bonchev–Trinajstić information content (AvgIpc) is 3.10. The second kappa shape index (κ2) is 8.84. The summed E-state index contributed by atoms with van der Waals surface area (Å²) in [6, 6.07) is 10.4. The zero-order valence-corrected chi connectivity index (χ0v) is 14.8. The van der Waals surface area contributed by atoms with Crippen LogP contribution in [0.25, 0.3) is 0 Å². The fourth-order valence-corrected chi connectivity index (χ4v) is 3.16. The van der Waals surface area contributed by atoms with Gasteiger partial charge in [0.1, 0.15) is 5.82 Å². The molecule has 2 unspecified atom stereocenters. The SMILES string of the molecule is CN(CC(=O)NCC1CNNC1c1ccc(F)cc1)Cc1cccnc1. The monoisotopic (exact) mass is 357 g/mol. The number of pyridine rings is 1. The maximum absolute atomic E-state index is 13.1. The van der Waals surface area contributed by atoms with E-state index >= 15 is 0 Å². The number of hydrogen-bond donors (Lipinski definition) is 3. The van der Waals surface area contributed by atoms with Crippen molar-refractivity contribution in [1.82, 2.24) is 26.1 Å². The number of hydrogen-bond acceptors (Lipinski definition) is 5. The number of carbonyl (C=O) groups excluding carboxylic acids is 1. The van der Waals surface area contributed by atoms with Crippen molar-refractivity contribution in [3.8, 4) is 0 Å². The van der Waals surface area contributed by atoms with E-state index in [2.05, 4.69) is 21.2 Å². The van der Waals surface area contributed by atoms with Crippen molar-refractivity contribution in [2.75, 3.05) is 26.7 Å². The quantitative estimate of drug-likeness (QED) is 0.696. The Kier molecular flexibility index (Phi) is 6.27. The molecule has 1 aromatic carbocycles. The van der Waals surface area contributed by atoms with Crippen molar-refractivity contribution >= 4 is 5.91 Å². The van der Waals surface area contributed by atoms with Gasteiger partial charge in [0.2, 0.25) is 5.91 Å². The molecule has 138 valence electrons. The molecule has 0 aliphatic carbocycles. The molecule has 2 heterocycles. The van der Waals surface area contributed by atoms with Crippen molar-refractivity contribution in [3.63, 3.8) is 0 Å². The highest BCUT2D eigenvalue weighted by Crippen LogP contribution is 2.24. The van der Waals surface area contributed by atoms with Crippen LogP contribution in [-0.4, -0.2) is 42.5 Å². The van der Waals surface area contributed by atoms with Crippen molar-refractivity contribution in [2.24, 2.45) is 5.92 Å². The standard InChI is InChI=1S/C19H24FN5O/c1-25(12-14-3-2-8-21-9-14)13-18(26)22-10-16-11-23-24-19(16)15-4-6-17(20)7-5-15/h2-9,16,19,23-24H,10-13H2,1H3,(H,22,26). The summed E-state index contributed by atoms with van der Waals surface area (Å²) in [7, 11) is 1.91. The second-order valence-electron chi connectivity index (χ2n) is 6.65. The van der Waals surface area contributed by atoms with Gasteiger partial charge in [-0.1, -0.05) is 18.2 Å². The molecule has 1 aliphatic rings. The molecule has 26 heavy (non-hydrogen) atoms. The third-order valence-electron chi connectivity index (χ3n) is 4.47. The summed E-state index contributed by atoms with van der Waals surface area (Å²) in [5, 5.41) is 3.00. The third-order valence-corrected chi connectivity index (χ3v) is 4.47. The van der Waals surface area contributed by atoms with Crippen LogP contribution in [0.4, 0.5) is 4.39 Å². The van der Waals surface area contributed by atoms with Crippen LogP contribution in [0.5, 0.6) is 0 Å². The number of amides is 1. The number of carbonyl (C=O) groups is 1. The first-order valence-corrected chi connectivity index (χ1v) is 8.70. The van der Waals surface area contributed by atoms with E-state index in [0.29, 0.717) is 19.6 Å². The lowest BCUT2D eigenvalue weighted by atomic mass is 9.95. The first-order valence-electron chi connectivity index (χ1n) is 8.70. The number of likely N-dealkylation sites (N-methyl/N-ethyl adjacent to an activating group) is 1. The Labute approximate surface area is 152 Å². The van der Waals surface area contributed by atoms with Crippen molar-refractivity contribution < 1.29 is 9.18 Å². The predicted molar refractivity (Wildman–Crippen MR) is 97.4 cm³/mol. The van der Waals surface area contributed by atoms with Gasteiger partial charge in [0.25, 0.3) is 0 Å². The van der Waals surface area contributed by atoms with Gasteiger partial charge in [-0.2, -0.15) is 0 Å². The van der Waals surface area contributed by atoms with Gasteiger partial charge in [-0.25, -0.2) is 9.82 Å². The topological polar surface area (TPSA) is 69.3 Å². The van der Waals surface area contributed by atoms with E-state index in [9.17, 15) is 9.18 Å². The number of benzene rings is 1. The minimum absolute atomic E-state index is 0.0128. The van der Waals surface area contributed by atoms with E-state index in [0.717, 1.165) is 17.7 Å². The van der Waals surface area contributed by atoms with E-state index < -0.39 is 0 Å². The molecule has 1 aliphatic heterocycles. The number of nitrogens with one attached hydrogen (secondary N) is 3. The zero-order valence-electron chi connectivity index (χ0n) is 14.8. The molecule has 1 aromatic heterocycles. The van der Waals surface area contributed by atoms with Gasteiger partial charge in [0.15, 0.2) is 0 Å². The van der Waals surface area contributed by atoms with Gasteiger partial charge >= 0.3 is 0 Å². The van der Waals surface area contributed by atoms with Crippen LogP contribution in [0.3, 0.4) is 0 Å². The van der Waals surface area contributed by atoms with Gasteiger partial charge in [0, 0.05) is 37.9 Å². The molecular weight excluding hydrogens is 333 g/mol. The highest BCUT2D eigenvalue weighted by molar-refractivity contribution is 5.78. The number of rotatable bonds is 7. The fourth-order valence-electron chi connectivity index (χ4n) is 3.16. The van der Waals surface area contributed by atoms with Crippen LogP contribution in [0.1, 0.15) is 17.2 Å². The lowest BCUT2D eigenvalue weighted by Gasteiger charge is -2.21.